The molecule has 11 heteroatoms. The fourth-order valence-corrected chi connectivity index (χ4v) is 4.85. The number of nitrogens with zero attached hydrogens (tertiary/aromatic N) is 2. The summed E-state index contributed by atoms with van der Waals surface area (Å²) in [6.45, 7) is 3.46. The van der Waals surface area contributed by atoms with Crippen molar-refractivity contribution in [1.29, 1.82) is 0 Å². The summed E-state index contributed by atoms with van der Waals surface area (Å²) in [4.78, 5) is 60.3. The highest BCUT2D eigenvalue weighted by atomic mass is 16.4. The summed E-state index contributed by atoms with van der Waals surface area (Å²) in [7, 11) is 0. The topological polar surface area (TPSA) is 171 Å². The summed E-state index contributed by atoms with van der Waals surface area (Å²) in [5.74, 6) is -2.84. The molecule has 2 unspecified atom stereocenters. The summed E-state index contributed by atoms with van der Waals surface area (Å²) >= 11 is 0. The predicted molar refractivity (Wildman–Crippen MR) is 153 cm³/mol. The van der Waals surface area contributed by atoms with E-state index in [-0.39, 0.29) is 17.5 Å². The van der Waals surface area contributed by atoms with Crippen LogP contribution < -0.4 is 16.4 Å². The van der Waals surface area contributed by atoms with E-state index in [0.29, 0.717) is 37.8 Å². The van der Waals surface area contributed by atoms with E-state index in [1.807, 2.05) is 36.4 Å². The van der Waals surface area contributed by atoms with Crippen molar-refractivity contribution >= 4 is 29.5 Å². The number of aliphatic carboxylic acids is 1. The quantitative estimate of drug-likeness (QED) is 0.240. The number of nitrogens with two attached hydrogens (primary N) is 1. The predicted octanol–water partition coefficient (Wildman–Crippen LogP) is 2.41. The average Bonchev–Trinajstić information content (AvgIpc) is 3.62. The van der Waals surface area contributed by atoms with Gasteiger partial charge in [-0.15, -0.1) is 0 Å². The Morgan fingerprint density at radius 1 is 1.10 bits per heavy atom. The molecule has 1 saturated heterocycles. The fraction of sp³-hybridized carbons (Fsp3) is 0.367. The molecule has 1 fully saturated rings. The molecule has 3 aromatic rings. The second-order valence-electron chi connectivity index (χ2n) is 10.8. The van der Waals surface area contributed by atoms with Crippen molar-refractivity contribution in [2.24, 2.45) is 5.73 Å². The number of aromatic amines is 1. The van der Waals surface area contributed by atoms with Crippen LogP contribution in [0, 0.1) is 0 Å². The van der Waals surface area contributed by atoms with E-state index >= 15 is 0 Å². The lowest BCUT2D eigenvalue weighted by Crippen LogP contribution is -2.55. The average molecular weight is 561 g/mol. The van der Waals surface area contributed by atoms with Crippen molar-refractivity contribution in [3.8, 4) is 0 Å². The molecular weight excluding hydrogens is 524 g/mol. The monoisotopic (exact) mass is 560 g/mol. The number of hydrogen-bond acceptors (Lipinski definition) is 6. The Labute approximate surface area is 238 Å². The number of carboxylic acid groups (broad SMARTS) is 1. The third-order valence-electron chi connectivity index (χ3n) is 7.09. The van der Waals surface area contributed by atoms with Gasteiger partial charge < -0.3 is 31.4 Å². The number of carbonyl (C=O) groups excluding carboxylic acids is 3. The van der Waals surface area contributed by atoms with Crippen LogP contribution in [0.15, 0.2) is 66.9 Å². The Hall–Kier alpha value is -4.51. The number of aromatic nitrogens is 2. The highest BCUT2D eigenvalue weighted by Crippen LogP contribution is 2.29. The fourth-order valence-electron chi connectivity index (χ4n) is 4.85. The van der Waals surface area contributed by atoms with Gasteiger partial charge in [0.05, 0.1) is 5.54 Å². The van der Waals surface area contributed by atoms with Crippen molar-refractivity contribution in [2.45, 2.75) is 63.1 Å². The highest BCUT2D eigenvalue weighted by molar-refractivity contribution is 5.98. The number of H-pyrrole nitrogens is 1. The Morgan fingerprint density at radius 3 is 2.39 bits per heavy atom. The van der Waals surface area contributed by atoms with Crippen LogP contribution in [-0.2, 0) is 25.6 Å². The molecule has 0 spiro atoms. The van der Waals surface area contributed by atoms with E-state index in [4.69, 9.17) is 5.73 Å². The Morgan fingerprint density at radius 2 is 1.76 bits per heavy atom. The molecule has 11 nitrogen and oxygen atoms in total. The molecule has 4 rings (SSSR count). The van der Waals surface area contributed by atoms with Crippen LogP contribution in [0.1, 0.15) is 56.0 Å². The molecule has 6 N–H and O–H groups in total. The first-order chi connectivity index (χ1) is 19.5. The van der Waals surface area contributed by atoms with Crippen molar-refractivity contribution < 1.29 is 24.3 Å². The minimum absolute atomic E-state index is 0.168. The van der Waals surface area contributed by atoms with Crippen LogP contribution in [0.4, 0.5) is 5.82 Å². The molecule has 1 aliphatic rings. The maximum Gasteiger partial charge on any atom is 0.326 e. The molecule has 216 valence electrons. The molecule has 2 heterocycles. The number of carboxylic acids is 1. The molecule has 0 bridgehead atoms. The second-order valence-corrected chi connectivity index (χ2v) is 10.8. The van der Waals surface area contributed by atoms with E-state index in [1.54, 1.807) is 38.1 Å². The minimum atomic E-state index is -1.18. The molecule has 0 radical (unpaired) electrons. The molecular formula is C30H36N6O5. The molecule has 0 saturated carbocycles. The van der Waals surface area contributed by atoms with Crippen LogP contribution in [0.3, 0.4) is 0 Å². The van der Waals surface area contributed by atoms with Crippen molar-refractivity contribution in [2.75, 3.05) is 11.9 Å². The van der Waals surface area contributed by atoms with Gasteiger partial charge in [0.1, 0.15) is 23.8 Å². The van der Waals surface area contributed by atoms with Gasteiger partial charge in [0.15, 0.2) is 5.82 Å². The number of anilines is 1. The van der Waals surface area contributed by atoms with Crippen LogP contribution >= 0.6 is 0 Å². The van der Waals surface area contributed by atoms with Gasteiger partial charge in [0.2, 0.25) is 17.7 Å². The van der Waals surface area contributed by atoms with Crippen molar-refractivity contribution in [3.05, 3.63) is 83.8 Å². The van der Waals surface area contributed by atoms with Gasteiger partial charge in [0, 0.05) is 12.7 Å². The molecule has 41 heavy (non-hydrogen) atoms. The van der Waals surface area contributed by atoms with Crippen molar-refractivity contribution in [3.63, 3.8) is 0 Å². The normalized spacial score (nSPS) is 16.6. The third kappa shape index (κ3) is 7.37. The van der Waals surface area contributed by atoms with Gasteiger partial charge in [-0.3, -0.25) is 14.4 Å². The number of rotatable bonds is 11. The highest BCUT2D eigenvalue weighted by Gasteiger charge is 2.39. The van der Waals surface area contributed by atoms with E-state index in [0.717, 1.165) is 5.56 Å². The van der Waals surface area contributed by atoms with Crippen LogP contribution in [0.25, 0.3) is 0 Å². The molecule has 2 aromatic carbocycles. The first kappa shape index (κ1) is 29.5. The lowest BCUT2D eigenvalue weighted by atomic mass is 9.96. The smallest absolute Gasteiger partial charge is 0.326 e. The Balaban J connectivity index is 1.55. The van der Waals surface area contributed by atoms with E-state index in [1.165, 1.54) is 11.1 Å². The maximum atomic E-state index is 13.7. The van der Waals surface area contributed by atoms with Gasteiger partial charge >= 0.3 is 5.97 Å². The van der Waals surface area contributed by atoms with E-state index in [2.05, 4.69) is 20.6 Å². The van der Waals surface area contributed by atoms with Gasteiger partial charge in [-0.1, -0.05) is 60.7 Å². The number of imidazole rings is 1. The lowest BCUT2D eigenvalue weighted by molar-refractivity contribution is -0.148. The first-order valence-electron chi connectivity index (χ1n) is 13.6. The standard InChI is InChI=1S/C30H36N6O5/c1-30(2,31)29(41)33-21(16-15-19-10-5-3-6-11-19)26(37)35-23-18-32-25(34-23)24(20-12-7-4-8-13-20)27(38)36-17-9-14-22(36)28(39)40/h3-8,10-13,18,21-22,24H,9,14-17,31H2,1-2H3,(H,32,34)(H,33,41)(H,35,37)(H,39,40)/t21-,22?,24?/m1/s1. The Kier molecular flexibility index (Phi) is 9.18. The molecule has 1 aliphatic heterocycles. The largest absolute Gasteiger partial charge is 0.480 e. The van der Waals surface area contributed by atoms with Crippen LogP contribution in [0.2, 0.25) is 0 Å². The minimum Gasteiger partial charge on any atom is -0.480 e. The van der Waals surface area contributed by atoms with Crippen LogP contribution in [0.5, 0.6) is 0 Å². The van der Waals surface area contributed by atoms with Gasteiger partial charge in [0.25, 0.3) is 0 Å². The number of aryl methyl sites for hydroxylation is 1. The molecule has 0 aliphatic carbocycles. The first-order valence-corrected chi connectivity index (χ1v) is 13.6. The lowest BCUT2D eigenvalue weighted by Gasteiger charge is -2.26. The van der Waals surface area contributed by atoms with E-state index < -0.39 is 41.3 Å². The maximum absolute atomic E-state index is 13.7. The molecule has 1 aromatic heterocycles. The summed E-state index contributed by atoms with van der Waals surface area (Å²) in [6.07, 6.45) is 3.32. The summed E-state index contributed by atoms with van der Waals surface area (Å²) in [6, 6.07) is 16.8. The van der Waals surface area contributed by atoms with Gasteiger partial charge in [-0.25, -0.2) is 9.78 Å². The zero-order valence-corrected chi connectivity index (χ0v) is 23.2. The van der Waals surface area contributed by atoms with Crippen molar-refractivity contribution in [1.82, 2.24) is 20.2 Å². The zero-order chi connectivity index (χ0) is 29.6. The van der Waals surface area contributed by atoms with E-state index in [9.17, 15) is 24.3 Å². The van der Waals surface area contributed by atoms with Gasteiger partial charge in [-0.05, 0) is 50.7 Å². The number of amides is 3. The third-order valence-corrected chi connectivity index (χ3v) is 7.09. The Bertz CT molecular complexity index is 1370. The zero-order valence-electron chi connectivity index (χ0n) is 23.2. The molecule has 3 amide bonds. The molecule has 3 atom stereocenters. The SMILES string of the molecule is CC(C)(N)C(=O)N[C@H](CCc1ccccc1)C(=O)Nc1c[nH]c(C(C(=O)N2CCCC2C(=O)O)c2ccccc2)n1. The number of benzene rings is 2. The number of likely N-dealkylation sites (tertiary alicyclic amines) is 1. The number of nitrogens with one attached hydrogen (secondary N) is 3. The number of carbonyl (C=O) groups is 4. The summed E-state index contributed by atoms with van der Waals surface area (Å²) < 4.78 is 0. The van der Waals surface area contributed by atoms with Crippen LogP contribution in [-0.4, -0.2) is 67.8 Å². The summed E-state index contributed by atoms with van der Waals surface area (Å²) in [5.41, 5.74) is 6.42. The van der Waals surface area contributed by atoms with Gasteiger partial charge in [-0.2, -0.15) is 0 Å². The second kappa shape index (κ2) is 12.8. The summed E-state index contributed by atoms with van der Waals surface area (Å²) in [5, 5.41) is 15.1. The number of hydrogen-bond donors (Lipinski definition) is 5.